The van der Waals surface area contributed by atoms with Crippen LogP contribution >= 0.6 is 11.6 Å². The zero-order valence-corrected chi connectivity index (χ0v) is 13.2. The summed E-state index contributed by atoms with van der Waals surface area (Å²) in [6.07, 6.45) is 1.69. The van der Waals surface area contributed by atoms with Crippen LogP contribution in [-0.2, 0) is 13.1 Å². The highest BCUT2D eigenvalue weighted by Gasteiger charge is 2.19. The Morgan fingerprint density at radius 1 is 1.26 bits per heavy atom. The van der Waals surface area contributed by atoms with Gasteiger partial charge in [-0.3, -0.25) is 9.13 Å². The van der Waals surface area contributed by atoms with Gasteiger partial charge in [-0.1, -0.05) is 11.6 Å². The molecule has 6 nitrogen and oxygen atoms in total. The van der Waals surface area contributed by atoms with Crippen molar-refractivity contribution in [2.75, 3.05) is 6.79 Å². The quantitative estimate of drug-likeness (QED) is 0.740. The number of halogens is 1. The molecule has 0 atom stereocenters. The van der Waals surface area contributed by atoms with Gasteiger partial charge in [-0.15, -0.1) is 0 Å². The Balaban J connectivity index is 1.85. The van der Waals surface area contributed by atoms with Gasteiger partial charge in [-0.25, -0.2) is 9.78 Å². The molecule has 0 unspecified atom stereocenters. The molecule has 0 saturated carbocycles. The van der Waals surface area contributed by atoms with Gasteiger partial charge in [-0.05, 0) is 30.7 Å². The summed E-state index contributed by atoms with van der Waals surface area (Å²) >= 11 is 6.33. The van der Waals surface area contributed by atoms with E-state index in [9.17, 15) is 4.79 Å². The molecule has 4 rings (SSSR count). The molecule has 0 bridgehead atoms. The second-order valence-electron chi connectivity index (χ2n) is 5.26. The molecule has 1 aromatic carbocycles. The summed E-state index contributed by atoms with van der Waals surface area (Å²) in [5, 5.41) is 0.544. The van der Waals surface area contributed by atoms with E-state index in [0.29, 0.717) is 35.3 Å². The van der Waals surface area contributed by atoms with Gasteiger partial charge in [0.05, 0.1) is 12.1 Å². The molecule has 0 saturated heterocycles. The molecule has 0 amide bonds. The predicted octanol–water partition coefficient (Wildman–Crippen LogP) is 2.65. The first-order valence-corrected chi connectivity index (χ1v) is 7.69. The zero-order valence-electron chi connectivity index (χ0n) is 12.5. The second-order valence-corrected chi connectivity index (χ2v) is 5.66. The van der Waals surface area contributed by atoms with Crippen molar-refractivity contribution in [2.24, 2.45) is 0 Å². The van der Waals surface area contributed by atoms with Gasteiger partial charge in [0.15, 0.2) is 17.1 Å². The van der Waals surface area contributed by atoms with Gasteiger partial charge in [0.25, 0.3) is 0 Å². The maximum Gasteiger partial charge on any atom is 0.330 e. The summed E-state index contributed by atoms with van der Waals surface area (Å²) in [5.41, 5.74) is 2.16. The maximum absolute atomic E-state index is 12.7. The van der Waals surface area contributed by atoms with Crippen molar-refractivity contribution < 1.29 is 9.47 Å². The number of ether oxygens (including phenoxy) is 2. The monoisotopic (exact) mass is 331 g/mol. The van der Waals surface area contributed by atoms with Crippen LogP contribution in [0.2, 0.25) is 5.02 Å². The second kappa shape index (κ2) is 5.31. The number of aryl methyl sites for hydroxylation is 1. The third kappa shape index (κ3) is 2.17. The van der Waals surface area contributed by atoms with Gasteiger partial charge in [0.1, 0.15) is 0 Å². The summed E-state index contributed by atoms with van der Waals surface area (Å²) in [4.78, 5) is 17.0. The minimum Gasteiger partial charge on any atom is -0.454 e. The van der Waals surface area contributed by atoms with E-state index < -0.39 is 0 Å². The Hall–Kier alpha value is -2.47. The van der Waals surface area contributed by atoms with Crippen molar-refractivity contribution in [1.82, 2.24) is 14.1 Å². The average Bonchev–Trinajstić information content (AvgIpc) is 3.10. The molecule has 0 radical (unpaired) electrons. The van der Waals surface area contributed by atoms with Crippen molar-refractivity contribution in [3.63, 3.8) is 0 Å². The Morgan fingerprint density at radius 2 is 2.04 bits per heavy atom. The van der Waals surface area contributed by atoms with Crippen LogP contribution < -0.4 is 15.2 Å². The van der Waals surface area contributed by atoms with Crippen molar-refractivity contribution >= 4 is 22.8 Å². The van der Waals surface area contributed by atoms with Crippen LogP contribution in [0.5, 0.6) is 11.5 Å². The number of imidazole rings is 1. The normalized spacial score (nSPS) is 13.0. The number of nitrogens with zero attached hydrogens (tertiary/aromatic N) is 3. The first kappa shape index (κ1) is 14.1. The Bertz CT molecular complexity index is 961. The van der Waals surface area contributed by atoms with Gasteiger partial charge in [0, 0.05) is 23.8 Å². The first-order chi connectivity index (χ1) is 11.2. The number of hydrogen-bond acceptors (Lipinski definition) is 4. The molecule has 0 fully saturated rings. The van der Waals surface area contributed by atoms with Crippen LogP contribution in [0, 0.1) is 0 Å². The third-order valence-electron chi connectivity index (χ3n) is 3.96. The van der Waals surface area contributed by atoms with Crippen molar-refractivity contribution in [3.05, 3.63) is 51.5 Å². The number of pyridine rings is 1. The van der Waals surface area contributed by atoms with E-state index in [-0.39, 0.29) is 12.5 Å². The highest BCUT2D eigenvalue weighted by Crippen LogP contribution is 2.37. The van der Waals surface area contributed by atoms with Crippen LogP contribution in [0.15, 0.2) is 35.3 Å². The average molecular weight is 332 g/mol. The summed E-state index contributed by atoms with van der Waals surface area (Å²) in [5.74, 6) is 1.28. The summed E-state index contributed by atoms with van der Waals surface area (Å²) < 4.78 is 14.0. The maximum atomic E-state index is 12.7. The fourth-order valence-electron chi connectivity index (χ4n) is 2.84. The molecule has 0 spiro atoms. The molecular weight excluding hydrogens is 318 g/mol. The number of fused-ring (bicyclic) bond motifs is 2. The van der Waals surface area contributed by atoms with Crippen LogP contribution in [0.3, 0.4) is 0 Å². The highest BCUT2D eigenvalue weighted by atomic mass is 35.5. The van der Waals surface area contributed by atoms with Crippen LogP contribution in [0.25, 0.3) is 11.2 Å². The van der Waals surface area contributed by atoms with Crippen molar-refractivity contribution in [2.45, 2.75) is 20.0 Å². The smallest absolute Gasteiger partial charge is 0.330 e. The molecular formula is C16H14ClN3O3. The minimum absolute atomic E-state index is 0.102. The topological polar surface area (TPSA) is 58.3 Å². The lowest BCUT2D eigenvalue weighted by Crippen LogP contribution is -2.24. The summed E-state index contributed by atoms with van der Waals surface area (Å²) in [6.45, 7) is 3.03. The van der Waals surface area contributed by atoms with Gasteiger partial charge < -0.3 is 9.47 Å². The fourth-order valence-corrected chi connectivity index (χ4v) is 3.05. The molecule has 1 aliphatic heterocycles. The van der Waals surface area contributed by atoms with Crippen molar-refractivity contribution in [1.29, 1.82) is 0 Å². The number of aromatic nitrogens is 3. The zero-order chi connectivity index (χ0) is 16.0. The standard InChI is InChI=1S/C16H14ClN3O3/c1-2-19-15-12(4-3-5-18-15)20(16(19)21)8-10-6-13-14(7-11(10)17)23-9-22-13/h3-7H,2,8-9H2,1H3. The molecule has 23 heavy (non-hydrogen) atoms. The van der Waals surface area contributed by atoms with Gasteiger partial charge in [0.2, 0.25) is 6.79 Å². The lowest BCUT2D eigenvalue weighted by Gasteiger charge is -2.07. The van der Waals surface area contributed by atoms with E-state index >= 15 is 0 Å². The first-order valence-electron chi connectivity index (χ1n) is 7.31. The van der Waals surface area contributed by atoms with E-state index in [1.807, 2.05) is 25.1 Å². The van der Waals surface area contributed by atoms with Gasteiger partial charge >= 0.3 is 5.69 Å². The van der Waals surface area contributed by atoms with E-state index in [1.54, 1.807) is 21.4 Å². The Morgan fingerprint density at radius 3 is 2.83 bits per heavy atom. The van der Waals surface area contributed by atoms with Gasteiger partial charge in [-0.2, -0.15) is 0 Å². The molecule has 7 heteroatoms. The lowest BCUT2D eigenvalue weighted by atomic mass is 10.2. The molecule has 3 aromatic rings. The summed E-state index contributed by atoms with van der Waals surface area (Å²) in [6, 6.07) is 7.25. The number of rotatable bonds is 3. The molecule has 0 aliphatic carbocycles. The Labute approximate surface area is 136 Å². The predicted molar refractivity (Wildman–Crippen MR) is 86.3 cm³/mol. The third-order valence-corrected chi connectivity index (χ3v) is 4.31. The molecule has 1 aliphatic rings. The molecule has 0 N–H and O–H groups in total. The molecule has 2 aromatic heterocycles. The molecule has 3 heterocycles. The van der Waals surface area contributed by atoms with Crippen LogP contribution in [0.4, 0.5) is 0 Å². The largest absolute Gasteiger partial charge is 0.454 e. The highest BCUT2D eigenvalue weighted by molar-refractivity contribution is 6.31. The number of benzene rings is 1. The fraction of sp³-hybridized carbons (Fsp3) is 0.250. The lowest BCUT2D eigenvalue weighted by molar-refractivity contribution is 0.174. The van der Waals surface area contributed by atoms with E-state index in [4.69, 9.17) is 21.1 Å². The number of hydrogen-bond donors (Lipinski definition) is 0. The van der Waals surface area contributed by atoms with E-state index in [2.05, 4.69) is 4.98 Å². The Kier molecular flexibility index (Phi) is 3.27. The summed E-state index contributed by atoms with van der Waals surface area (Å²) in [7, 11) is 0. The van der Waals surface area contributed by atoms with Crippen molar-refractivity contribution in [3.8, 4) is 11.5 Å². The SMILES string of the molecule is CCn1c(=O)n(Cc2cc3c(cc2Cl)OCO3)c2cccnc21. The van der Waals surface area contributed by atoms with E-state index in [0.717, 1.165) is 11.1 Å². The minimum atomic E-state index is -0.102. The van der Waals surface area contributed by atoms with Crippen LogP contribution in [-0.4, -0.2) is 20.9 Å². The van der Waals surface area contributed by atoms with E-state index in [1.165, 1.54) is 0 Å². The molecule has 118 valence electrons. The van der Waals surface area contributed by atoms with Crippen LogP contribution in [0.1, 0.15) is 12.5 Å².